The number of carbonyl (C=O) groups is 1. The Bertz CT molecular complexity index is 966. The topological polar surface area (TPSA) is 81.3 Å². The largest absolute Gasteiger partial charge is 0.390 e. The highest BCUT2D eigenvalue weighted by Crippen LogP contribution is 2.24. The van der Waals surface area contributed by atoms with E-state index >= 15 is 0 Å². The molecule has 1 aliphatic rings. The molecule has 1 aliphatic heterocycles. The maximum absolute atomic E-state index is 12.6. The van der Waals surface area contributed by atoms with Gasteiger partial charge >= 0.3 is 0 Å². The fourth-order valence-electron chi connectivity index (χ4n) is 4.60. The number of benzene rings is 1. The first-order valence-corrected chi connectivity index (χ1v) is 12.5. The average molecular weight is 451 g/mol. The van der Waals surface area contributed by atoms with E-state index in [2.05, 4.69) is 23.2 Å². The van der Waals surface area contributed by atoms with E-state index < -0.39 is 6.10 Å². The second kappa shape index (κ2) is 13.2. The SMILES string of the molecule is CCCCCCCCNC(=O)/C(C#N)=C/c1cn(CC(O)CN2CCCC2)c2ccccc12. The van der Waals surface area contributed by atoms with Gasteiger partial charge in [0, 0.05) is 42.3 Å². The Morgan fingerprint density at radius 2 is 1.88 bits per heavy atom. The van der Waals surface area contributed by atoms with E-state index in [1.165, 1.54) is 38.5 Å². The predicted octanol–water partition coefficient (Wildman–Crippen LogP) is 4.48. The van der Waals surface area contributed by atoms with E-state index in [4.69, 9.17) is 0 Å². The van der Waals surface area contributed by atoms with Crippen molar-refractivity contribution in [3.8, 4) is 6.07 Å². The molecule has 178 valence electrons. The molecule has 1 unspecified atom stereocenters. The summed E-state index contributed by atoms with van der Waals surface area (Å²) < 4.78 is 2.03. The fraction of sp³-hybridized carbons (Fsp3) is 0.556. The number of aromatic nitrogens is 1. The highest BCUT2D eigenvalue weighted by atomic mass is 16.3. The van der Waals surface area contributed by atoms with Crippen molar-refractivity contribution in [1.29, 1.82) is 5.26 Å². The normalized spacial score (nSPS) is 15.6. The molecule has 6 nitrogen and oxygen atoms in total. The second-order valence-corrected chi connectivity index (χ2v) is 9.11. The van der Waals surface area contributed by atoms with Crippen LogP contribution in [0.1, 0.15) is 63.9 Å². The van der Waals surface area contributed by atoms with Crippen LogP contribution in [0.25, 0.3) is 17.0 Å². The number of nitrogens with zero attached hydrogens (tertiary/aromatic N) is 3. The third kappa shape index (κ3) is 7.45. The number of carbonyl (C=O) groups excluding carboxylic acids is 1. The van der Waals surface area contributed by atoms with Gasteiger partial charge in [-0.25, -0.2) is 0 Å². The molecular weight excluding hydrogens is 412 g/mol. The van der Waals surface area contributed by atoms with Crippen LogP contribution in [-0.4, -0.2) is 52.8 Å². The summed E-state index contributed by atoms with van der Waals surface area (Å²) in [6.45, 7) is 6.05. The van der Waals surface area contributed by atoms with E-state index in [-0.39, 0.29) is 11.5 Å². The lowest BCUT2D eigenvalue weighted by Gasteiger charge is -2.20. The van der Waals surface area contributed by atoms with E-state index in [9.17, 15) is 15.2 Å². The Hall–Kier alpha value is -2.62. The second-order valence-electron chi connectivity index (χ2n) is 9.11. The standard InChI is InChI=1S/C27H38N4O2/c1-2-3-4-5-6-9-14-29-27(33)22(18-28)17-23-19-31(26-13-8-7-12-25(23)26)21-24(32)20-30-15-10-11-16-30/h7-8,12-13,17,19,24,32H,2-6,9-11,14-16,20-21H2,1H3,(H,29,33)/b22-17+. The van der Waals surface area contributed by atoms with Gasteiger partial charge in [0.1, 0.15) is 11.6 Å². The lowest BCUT2D eigenvalue weighted by molar-refractivity contribution is -0.117. The van der Waals surface area contributed by atoms with E-state index in [0.717, 1.165) is 42.4 Å². The molecule has 0 radical (unpaired) electrons. The number of likely N-dealkylation sites (tertiary alicyclic amines) is 1. The first-order chi connectivity index (χ1) is 16.1. The molecule has 1 aromatic heterocycles. The number of para-hydroxylation sites is 1. The van der Waals surface area contributed by atoms with Crippen LogP contribution in [0, 0.1) is 11.3 Å². The molecule has 6 heteroatoms. The summed E-state index contributed by atoms with van der Waals surface area (Å²) >= 11 is 0. The third-order valence-electron chi connectivity index (χ3n) is 6.38. The number of aliphatic hydroxyl groups is 1. The Morgan fingerprint density at radius 3 is 2.64 bits per heavy atom. The average Bonchev–Trinajstić information content (AvgIpc) is 3.45. The molecule has 0 aliphatic carbocycles. The van der Waals surface area contributed by atoms with Crippen molar-refractivity contribution in [2.24, 2.45) is 0 Å². The van der Waals surface area contributed by atoms with Gasteiger partial charge in [-0.1, -0.05) is 57.2 Å². The van der Waals surface area contributed by atoms with Crippen molar-refractivity contribution in [2.45, 2.75) is 70.9 Å². The molecule has 0 saturated carbocycles. The number of nitriles is 1. The minimum absolute atomic E-state index is 0.113. The molecule has 1 aromatic carbocycles. The predicted molar refractivity (Wildman–Crippen MR) is 134 cm³/mol. The van der Waals surface area contributed by atoms with Crippen LogP contribution in [-0.2, 0) is 11.3 Å². The summed E-state index contributed by atoms with van der Waals surface area (Å²) in [4.78, 5) is 14.9. The van der Waals surface area contributed by atoms with Gasteiger partial charge in [-0.2, -0.15) is 5.26 Å². The Balaban J connectivity index is 1.64. The molecule has 0 bridgehead atoms. The van der Waals surface area contributed by atoms with Crippen LogP contribution < -0.4 is 5.32 Å². The Labute approximate surface area is 197 Å². The molecule has 0 spiro atoms. The number of β-amino-alcohol motifs (C(OH)–C–C–N with tert-alkyl or cyclic N) is 1. The molecule has 1 amide bonds. The summed E-state index contributed by atoms with van der Waals surface area (Å²) in [6, 6.07) is 10.00. The van der Waals surface area contributed by atoms with Gasteiger partial charge < -0.3 is 19.9 Å². The molecule has 3 rings (SSSR count). The number of rotatable bonds is 13. The summed E-state index contributed by atoms with van der Waals surface area (Å²) in [6.07, 6.45) is 12.5. The number of hydrogen-bond donors (Lipinski definition) is 2. The van der Waals surface area contributed by atoms with Crippen LogP contribution in [0.4, 0.5) is 0 Å². The van der Waals surface area contributed by atoms with E-state index in [1.807, 2.05) is 35.0 Å². The first-order valence-electron chi connectivity index (χ1n) is 12.5. The van der Waals surface area contributed by atoms with Gasteiger partial charge in [0.15, 0.2) is 0 Å². The van der Waals surface area contributed by atoms with Crippen LogP contribution in [0.15, 0.2) is 36.0 Å². The lowest BCUT2D eigenvalue weighted by atomic mass is 10.1. The van der Waals surface area contributed by atoms with Crippen molar-refractivity contribution < 1.29 is 9.90 Å². The molecule has 2 N–H and O–H groups in total. The van der Waals surface area contributed by atoms with E-state index in [1.54, 1.807) is 6.08 Å². The molecular formula is C27H38N4O2. The van der Waals surface area contributed by atoms with Crippen molar-refractivity contribution in [1.82, 2.24) is 14.8 Å². The summed E-state index contributed by atoms with van der Waals surface area (Å²) in [5.74, 6) is -0.322. The number of nitrogens with one attached hydrogen (secondary N) is 1. The number of fused-ring (bicyclic) bond motifs is 1. The van der Waals surface area contributed by atoms with Gasteiger partial charge in [-0.15, -0.1) is 0 Å². The zero-order chi connectivity index (χ0) is 23.5. The van der Waals surface area contributed by atoms with Gasteiger partial charge in [0.2, 0.25) is 0 Å². The number of aliphatic hydroxyl groups excluding tert-OH is 1. The Morgan fingerprint density at radius 1 is 1.15 bits per heavy atom. The minimum Gasteiger partial charge on any atom is -0.390 e. The van der Waals surface area contributed by atoms with Crippen LogP contribution in [0.3, 0.4) is 0 Å². The maximum atomic E-state index is 12.6. The van der Waals surface area contributed by atoms with Crippen molar-refractivity contribution >= 4 is 22.9 Å². The summed E-state index contributed by atoms with van der Waals surface area (Å²) in [5, 5.41) is 24.1. The minimum atomic E-state index is -0.466. The Kier molecular flexibility index (Phi) is 9.99. The monoisotopic (exact) mass is 450 g/mol. The van der Waals surface area contributed by atoms with Crippen LogP contribution in [0.5, 0.6) is 0 Å². The smallest absolute Gasteiger partial charge is 0.261 e. The van der Waals surface area contributed by atoms with Gasteiger partial charge in [-0.05, 0) is 44.5 Å². The van der Waals surface area contributed by atoms with Crippen molar-refractivity contribution in [2.75, 3.05) is 26.2 Å². The molecule has 1 saturated heterocycles. The lowest BCUT2D eigenvalue weighted by Crippen LogP contribution is -2.32. The van der Waals surface area contributed by atoms with Crippen LogP contribution in [0.2, 0.25) is 0 Å². The number of unbranched alkanes of at least 4 members (excludes halogenated alkanes) is 5. The maximum Gasteiger partial charge on any atom is 0.261 e. The third-order valence-corrected chi connectivity index (χ3v) is 6.38. The summed E-state index contributed by atoms with van der Waals surface area (Å²) in [7, 11) is 0. The number of hydrogen-bond acceptors (Lipinski definition) is 4. The molecule has 1 fully saturated rings. The zero-order valence-electron chi connectivity index (χ0n) is 19.9. The summed E-state index contributed by atoms with van der Waals surface area (Å²) in [5.41, 5.74) is 1.93. The zero-order valence-corrected chi connectivity index (χ0v) is 19.9. The van der Waals surface area contributed by atoms with Crippen LogP contribution >= 0.6 is 0 Å². The number of amides is 1. The van der Waals surface area contributed by atoms with Crippen molar-refractivity contribution in [3.05, 3.63) is 41.6 Å². The highest BCUT2D eigenvalue weighted by Gasteiger charge is 2.18. The highest BCUT2D eigenvalue weighted by molar-refractivity contribution is 6.04. The quantitative estimate of drug-likeness (QED) is 0.268. The molecule has 33 heavy (non-hydrogen) atoms. The van der Waals surface area contributed by atoms with Gasteiger partial charge in [-0.3, -0.25) is 4.79 Å². The first kappa shape index (κ1) is 25.0. The van der Waals surface area contributed by atoms with Gasteiger partial charge in [0.05, 0.1) is 6.10 Å². The van der Waals surface area contributed by atoms with E-state index in [0.29, 0.717) is 19.6 Å². The molecule has 2 heterocycles. The van der Waals surface area contributed by atoms with Crippen molar-refractivity contribution in [3.63, 3.8) is 0 Å². The molecule has 2 aromatic rings. The van der Waals surface area contributed by atoms with Gasteiger partial charge in [0.25, 0.3) is 5.91 Å². The molecule has 1 atom stereocenters. The fourth-order valence-corrected chi connectivity index (χ4v) is 4.60.